The molecule has 1 N–H and O–H groups in total. The number of amides is 1. The predicted molar refractivity (Wildman–Crippen MR) is 48.9 cm³/mol. The highest BCUT2D eigenvalue weighted by Crippen LogP contribution is 2.17. The first kappa shape index (κ1) is 12.3. The van der Waals surface area contributed by atoms with Gasteiger partial charge in [-0.1, -0.05) is 0 Å². The molecule has 0 saturated heterocycles. The number of pyridine rings is 1. The molecule has 16 heavy (non-hydrogen) atoms. The van der Waals surface area contributed by atoms with E-state index in [1.807, 2.05) is 0 Å². The summed E-state index contributed by atoms with van der Waals surface area (Å²) in [5, 5.41) is 9.02. The van der Waals surface area contributed by atoms with Crippen molar-refractivity contribution < 1.29 is 23.1 Å². The largest absolute Gasteiger partial charge is 0.506 e. The van der Waals surface area contributed by atoms with Crippen molar-refractivity contribution in [3.05, 3.63) is 24.0 Å². The third-order valence-electron chi connectivity index (χ3n) is 1.73. The van der Waals surface area contributed by atoms with Gasteiger partial charge in [-0.15, -0.1) is 0 Å². The van der Waals surface area contributed by atoms with Crippen LogP contribution in [0.2, 0.25) is 0 Å². The third kappa shape index (κ3) is 3.41. The highest BCUT2D eigenvalue weighted by molar-refractivity contribution is 5.94. The topological polar surface area (TPSA) is 53.4 Å². The van der Waals surface area contributed by atoms with Gasteiger partial charge in [0.15, 0.2) is 0 Å². The van der Waals surface area contributed by atoms with Crippen LogP contribution in [0, 0.1) is 0 Å². The average molecular weight is 234 g/mol. The number of aromatic nitrogens is 1. The van der Waals surface area contributed by atoms with E-state index in [9.17, 15) is 18.0 Å². The van der Waals surface area contributed by atoms with Gasteiger partial charge in [0, 0.05) is 13.2 Å². The van der Waals surface area contributed by atoms with Crippen molar-refractivity contribution in [2.24, 2.45) is 0 Å². The maximum absolute atomic E-state index is 12.0. The Bertz CT molecular complexity index is 393. The van der Waals surface area contributed by atoms with Gasteiger partial charge in [-0.25, -0.2) is 0 Å². The summed E-state index contributed by atoms with van der Waals surface area (Å²) in [6.07, 6.45) is -2.27. The molecule has 0 aliphatic heterocycles. The van der Waals surface area contributed by atoms with E-state index in [4.69, 9.17) is 5.11 Å². The molecule has 4 nitrogen and oxygen atoms in total. The van der Waals surface area contributed by atoms with Crippen molar-refractivity contribution in [2.45, 2.75) is 6.18 Å². The lowest BCUT2D eigenvalue weighted by Crippen LogP contribution is -2.35. The Morgan fingerprint density at radius 1 is 1.50 bits per heavy atom. The Hall–Kier alpha value is -1.79. The second kappa shape index (κ2) is 4.38. The molecule has 88 valence electrons. The molecule has 1 rings (SSSR count). The molecule has 0 unspecified atom stereocenters. The maximum Gasteiger partial charge on any atom is 0.406 e. The van der Waals surface area contributed by atoms with Gasteiger partial charge < -0.3 is 10.0 Å². The van der Waals surface area contributed by atoms with Crippen molar-refractivity contribution in [1.29, 1.82) is 0 Å². The van der Waals surface area contributed by atoms with Crippen LogP contribution in [0.15, 0.2) is 18.5 Å². The van der Waals surface area contributed by atoms with Crippen LogP contribution in [0.3, 0.4) is 0 Å². The molecule has 1 aromatic rings. The Morgan fingerprint density at radius 2 is 2.12 bits per heavy atom. The quantitative estimate of drug-likeness (QED) is 0.841. The zero-order chi connectivity index (χ0) is 12.3. The van der Waals surface area contributed by atoms with E-state index < -0.39 is 18.6 Å². The van der Waals surface area contributed by atoms with E-state index in [2.05, 4.69) is 4.98 Å². The molecule has 0 spiro atoms. The molecule has 0 aromatic carbocycles. The summed E-state index contributed by atoms with van der Waals surface area (Å²) in [7, 11) is 1.03. The summed E-state index contributed by atoms with van der Waals surface area (Å²) in [6, 6.07) is 1.06. The predicted octanol–water partition coefficient (Wildman–Crippen LogP) is 1.42. The summed E-state index contributed by atoms with van der Waals surface area (Å²) in [6.45, 7) is -1.35. The fourth-order valence-electron chi connectivity index (χ4n) is 1.11. The average Bonchev–Trinajstić information content (AvgIpc) is 2.14. The molecule has 1 aromatic heterocycles. The second-order valence-electron chi connectivity index (χ2n) is 3.21. The lowest BCUT2D eigenvalue weighted by Gasteiger charge is -2.18. The zero-order valence-electron chi connectivity index (χ0n) is 8.32. The molecular weight excluding hydrogens is 225 g/mol. The molecule has 0 saturated carbocycles. The number of halogens is 3. The number of aromatic hydroxyl groups is 1. The normalized spacial score (nSPS) is 11.2. The fourth-order valence-corrected chi connectivity index (χ4v) is 1.11. The molecule has 1 heterocycles. The van der Waals surface area contributed by atoms with Crippen LogP contribution >= 0.6 is 0 Å². The first-order chi connectivity index (χ1) is 7.29. The minimum atomic E-state index is -4.45. The molecule has 1 amide bonds. The minimum Gasteiger partial charge on any atom is -0.506 e. The number of rotatable bonds is 2. The van der Waals surface area contributed by atoms with Crippen molar-refractivity contribution in [3.8, 4) is 5.75 Å². The lowest BCUT2D eigenvalue weighted by atomic mass is 10.2. The van der Waals surface area contributed by atoms with Crippen LogP contribution in [-0.4, -0.2) is 40.7 Å². The van der Waals surface area contributed by atoms with Gasteiger partial charge in [0.1, 0.15) is 12.3 Å². The van der Waals surface area contributed by atoms with Crippen LogP contribution in [-0.2, 0) is 0 Å². The number of nitrogens with zero attached hydrogens (tertiary/aromatic N) is 2. The van der Waals surface area contributed by atoms with Crippen molar-refractivity contribution >= 4 is 5.91 Å². The SMILES string of the molecule is CN(CC(F)(F)F)C(=O)c1cncc(O)c1. The van der Waals surface area contributed by atoms with Crippen molar-refractivity contribution in [1.82, 2.24) is 9.88 Å². The van der Waals surface area contributed by atoms with Crippen LogP contribution in [0.25, 0.3) is 0 Å². The highest BCUT2D eigenvalue weighted by atomic mass is 19.4. The summed E-state index contributed by atoms with van der Waals surface area (Å²) >= 11 is 0. The maximum atomic E-state index is 12.0. The van der Waals surface area contributed by atoms with Crippen LogP contribution in [0.1, 0.15) is 10.4 Å². The standard InChI is InChI=1S/C9H9F3N2O2/c1-14(5-9(10,11)12)8(16)6-2-7(15)4-13-3-6/h2-4,15H,5H2,1H3. The molecule has 0 atom stereocenters. The lowest BCUT2D eigenvalue weighted by molar-refractivity contribution is -0.138. The molecular formula is C9H9F3N2O2. The van der Waals surface area contributed by atoms with Crippen molar-refractivity contribution in [2.75, 3.05) is 13.6 Å². The number of alkyl halides is 3. The highest BCUT2D eigenvalue weighted by Gasteiger charge is 2.31. The Labute approximate surface area is 89.3 Å². The Kier molecular flexibility index (Phi) is 3.36. The van der Waals surface area contributed by atoms with Gasteiger partial charge in [0.05, 0.1) is 11.8 Å². The van der Waals surface area contributed by atoms with E-state index in [-0.39, 0.29) is 11.3 Å². The Balaban J connectivity index is 2.78. The second-order valence-corrected chi connectivity index (χ2v) is 3.21. The molecule has 0 radical (unpaired) electrons. The van der Waals surface area contributed by atoms with Gasteiger partial charge in [0.25, 0.3) is 5.91 Å². The van der Waals surface area contributed by atoms with Crippen LogP contribution in [0.4, 0.5) is 13.2 Å². The smallest absolute Gasteiger partial charge is 0.406 e. The van der Waals surface area contributed by atoms with Crippen molar-refractivity contribution in [3.63, 3.8) is 0 Å². The minimum absolute atomic E-state index is 0.0910. The fraction of sp³-hybridized carbons (Fsp3) is 0.333. The summed E-state index contributed by atoms with van der Waals surface area (Å²) in [5.74, 6) is -1.12. The molecule has 0 aliphatic rings. The number of carbonyl (C=O) groups excluding carboxylic acids is 1. The molecule has 7 heteroatoms. The van der Waals surface area contributed by atoms with E-state index in [0.717, 1.165) is 25.5 Å². The summed E-state index contributed by atoms with van der Waals surface area (Å²) < 4.78 is 36.0. The molecule has 0 bridgehead atoms. The Morgan fingerprint density at radius 3 is 2.62 bits per heavy atom. The number of hydrogen-bond donors (Lipinski definition) is 1. The van der Waals surface area contributed by atoms with Gasteiger partial charge in [0.2, 0.25) is 0 Å². The number of carbonyl (C=O) groups is 1. The van der Waals surface area contributed by atoms with Crippen LogP contribution in [0.5, 0.6) is 5.75 Å². The van der Waals surface area contributed by atoms with E-state index in [0.29, 0.717) is 4.90 Å². The van der Waals surface area contributed by atoms with Gasteiger partial charge >= 0.3 is 6.18 Å². The summed E-state index contributed by atoms with van der Waals surface area (Å²) in [4.78, 5) is 15.5. The van der Waals surface area contributed by atoms with Gasteiger partial charge in [-0.2, -0.15) is 13.2 Å². The third-order valence-corrected chi connectivity index (χ3v) is 1.73. The van der Waals surface area contributed by atoms with Gasteiger partial charge in [-0.05, 0) is 6.07 Å². The first-order valence-corrected chi connectivity index (χ1v) is 4.26. The molecule has 0 fully saturated rings. The zero-order valence-corrected chi connectivity index (χ0v) is 8.32. The molecule has 0 aliphatic carbocycles. The summed E-state index contributed by atoms with van der Waals surface area (Å²) in [5.41, 5.74) is -0.0910. The number of hydrogen-bond acceptors (Lipinski definition) is 3. The van der Waals surface area contributed by atoms with Crippen LogP contribution < -0.4 is 0 Å². The monoisotopic (exact) mass is 234 g/mol. The van der Waals surface area contributed by atoms with Gasteiger partial charge in [-0.3, -0.25) is 9.78 Å². The van der Waals surface area contributed by atoms with E-state index in [1.54, 1.807) is 0 Å². The first-order valence-electron chi connectivity index (χ1n) is 4.26. The van der Waals surface area contributed by atoms with E-state index >= 15 is 0 Å². The van der Waals surface area contributed by atoms with E-state index in [1.165, 1.54) is 0 Å².